The predicted molar refractivity (Wildman–Crippen MR) is 85.8 cm³/mol. The summed E-state index contributed by atoms with van der Waals surface area (Å²) in [5.41, 5.74) is -0.653. The van der Waals surface area contributed by atoms with Crippen LogP contribution in [0.2, 0.25) is 0 Å². The molecule has 7 heteroatoms. The topological polar surface area (TPSA) is 129 Å². The van der Waals surface area contributed by atoms with Crippen LogP contribution in [0.25, 0.3) is 0 Å². The number of nitriles is 3. The van der Waals surface area contributed by atoms with Crippen molar-refractivity contribution >= 4 is 11.6 Å². The second kappa shape index (κ2) is 5.92. The molecule has 1 N–H and O–H groups in total. The van der Waals surface area contributed by atoms with Crippen LogP contribution in [0.1, 0.15) is 18.4 Å². The van der Waals surface area contributed by atoms with Crippen LogP contribution in [0.5, 0.6) is 0 Å². The molecule has 25 heavy (non-hydrogen) atoms. The van der Waals surface area contributed by atoms with Gasteiger partial charge in [0.05, 0.1) is 36.4 Å². The molecule has 1 aliphatic carbocycles. The Bertz CT molecular complexity index is 864. The summed E-state index contributed by atoms with van der Waals surface area (Å²) in [6, 6.07) is 7.70. The Morgan fingerprint density at radius 2 is 2.12 bits per heavy atom. The molecule has 2 aliphatic rings. The van der Waals surface area contributed by atoms with Crippen molar-refractivity contribution in [3.05, 3.63) is 35.8 Å². The fraction of sp³-hybridized carbons (Fsp3) is 0.389. The Labute approximate surface area is 144 Å². The normalized spacial score (nSPS) is 27.3. The van der Waals surface area contributed by atoms with Gasteiger partial charge in [-0.3, -0.25) is 4.79 Å². The fourth-order valence-corrected chi connectivity index (χ4v) is 3.89. The highest BCUT2D eigenvalue weighted by molar-refractivity contribution is 6.00. The van der Waals surface area contributed by atoms with Crippen LogP contribution in [0.3, 0.4) is 0 Å². The zero-order chi connectivity index (χ0) is 18.2. The van der Waals surface area contributed by atoms with Crippen LogP contribution in [0, 0.1) is 56.7 Å². The highest BCUT2D eigenvalue weighted by Crippen LogP contribution is 2.53. The monoisotopic (exact) mass is 333 g/mol. The van der Waals surface area contributed by atoms with Crippen LogP contribution in [0.4, 0.5) is 0 Å². The van der Waals surface area contributed by atoms with Gasteiger partial charge in [0.1, 0.15) is 5.92 Å². The number of carbonyl (C=O) groups excluding carboxylic acids is 1. The van der Waals surface area contributed by atoms with Crippen LogP contribution >= 0.6 is 0 Å². The summed E-state index contributed by atoms with van der Waals surface area (Å²) in [7, 11) is 0. The number of rotatable bonds is 1. The van der Waals surface area contributed by atoms with Gasteiger partial charge < -0.3 is 14.7 Å². The van der Waals surface area contributed by atoms with Gasteiger partial charge >= 0.3 is 0 Å². The molecule has 7 nitrogen and oxygen atoms in total. The summed E-state index contributed by atoms with van der Waals surface area (Å²) in [5.74, 6) is -2.11. The van der Waals surface area contributed by atoms with E-state index in [0.717, 1.165) is 0 Å². The average molecular weight is 333 g/mol. The standard InChI is InChI=1S/C18H15N5O2/c1-11(24)23-4-2-13-14(6-19)17(22)18(9-20,10-21)16(15(13)7-23)12-3-5-25-8-12/h2-3,5,8,14-16,22H,4,7H2,1H3/t14?,15-,16-/m1/s1. The van der Waals surface area contributed by atoms with E-state index >= 15 is 0 Å². The molecule has 1 fully saturated rings. The van der Waals surface area contributed by atoms with E-state index in [9.17, 15) is 20.6 Å². The molecular weight excluding hydrogens is 318 g/mol. The predicted octanol–water partition coefficient (Wildman–Crippen LogP) is 1.97. The second-order valence-electron chi connectivity index (χ2n) is 6.28. The van der Waals surface area contributed by atoms with Crippen molar-refractivity contribution in [3.8, 4) is 18.2 Å². The minimum Gasteiger partial charge on any atom is -0.472 e. The van der Waals surface area contributed by atoms with Crippen molar-refractivity contribution in [1.82, 2.24) is 4.90 Å². The molecule has 1 amide bonds. The highest BCUT2D eigenvalue weighted by Gasteiger charge is 2.58. The van der Waals surface area contributed by atoms with E-state index in [1.165, 1.54) is 19.5 Å². The third kappa shape index (κ3) is 2.23. The second-order valence-corrected chi connectivity index (χ2v) is 6.28. The summed E-state index contributed by atoms with van der Waals surface area (Å²) in [6.07, 6.45) is 4.69. The molecule has 1 unspecified atom stereocenters. The molecule has 1 aromatic rings. The molecule has 0 saturated heterocycles. The SMILES string of the molecule is CC(=O)N1CC=C2C(C#N)C(=N)C(C#N)(C#N)[C@H](c3ccoc3)[C@@H]2C1. The van der Waals surface area contributed by atoms with Gasteiger partial charge in [0.25, 0.3) is 0 Å². The first-order valence-electron chi connectivity index (χ1n) is 7.78. The lowest BCUT2D eigenvalue weighted by molar-refractivity contribution is -0.129. The molecule has 0 spiro atoms. The number of amides is 1. The maximum absolute atomic E-state index is 11.8. The molecule has 1 saturated carbocycles. The van der Waals surface area contributed by atoms with E-state index in [1.807, 2.05) is 12.1 Å². The first-order valence-corrected chi connectivity index (χ1v) is 7.78. The van der Waals surface area contributed by atoms with E-state index < -0.39 is 23.2 Å². The molecule has 0 aromatic carbocycles. The van der Waals surface area contributed by atoms with Gasteiger partial charge in [0.15, 0.2) is 5.41 Å². The van der Waals surface area contributed by atoms with Crippen LogP contribution in [-0.4, -0.2) is 29.6 Å². The Kier molecular flexibility index (Phi) is 3.91. The summed E-state index contributed by atoms with van der Waals surface area (Å²) in [6.45, 7) is 2.12. The average Bonchev–Trinajstić information content (AvgIpc) is 3.14. The molecule has 3 atom stereocenters. The smallest absolute Gasteiger partial charge is 0.219 e. The molecule has 3 rings (SSSR count). The first-order chi connectivity index (χ1) is 12.0. The lowest BCUT2D eigenvalue weighted by Gasteiger charge is -2.47. The quantitative estimate of drug-likeness (QED) is 0.785. The van der Waals surface area contributed by atoms with E-state index in [1.54, 1.807) is 17.0 Å². The largest absolute Gasteiger partial charge is 0.472 e. The maximum atomic E-state index is 11.8. The van der Waals surface area contributed by atoms with Gasteiger partial charge in [0, 0.05) is 31.8 Å². The fourth-order valence-electron chi connectivity index (χ4n) is 3.89. The Hall–Kier alpha value is -3.37. The van der Waals surface area contributed by atoms with Crippen molar-refractivity contribution in [3.63, 3.8) is 0 Å². The maximum Gasteiger partial charge on any atom is 0.219 e. The molecular formula is C18H15N5O2. The molecule has 0 bridgehead atoms. The lowest BCUT2D eigenvalue weighted by atomic mass is 9.54. The number of furan rings is 1. The third-order valence-corrected chi connectivity index (χ3v) is 5.14. The summed E-state index contributed by atoms with van der Waals surface area (Å²) >= 11 is 0. The zero-order valence-corrected chi connectivity index (χ0v) is 13.6. The van der Waals surface area contributed by atoms with Gasteiger partial charge in [-0.25, -0.2) is 0 Å². The first kappa shape index (κ1) is 16.5. The minimum absolute atomic E-state index is 0.116. The van der Waals surface area contributed by atoms with Crippen LogP contribution < -0.4 is 0 Å². The Balaban J connectivity index is 2.23. The number of hydrogen-bond acceptors (Lipinski definition) is 6. The number of nitrogens with zero attached hydrogens (tertiary/aromatic N) is 4. The molecule has 2 heterocycles. The minimum atomic E-state index is -1.77. The number of carbonyl (C=O) groups is 1. The Morgan fingerprint density at radius 1 is 1.40 bits per heavy atom. The molecule has 0 radical (unpaired) electrons. The molecule has 1 aliphatic heterocycles. The van der Waals surface area contributed by atoms with Crippen molar-refractivity contribution in [2.45, 2.75) is 12.8 Å². The zero-order valence-electron chi connectivity index (χ0n) is 13.6. The number of nitrogens with one attached hydrogen (secondary N) is 1. The van der Waals surface area contributed by atoms with Crippen molar-refractivity contribution in [1.29, 1.82) is 21.2 Å². The van der Waals surface area contributed by atoms with Gasteiger partial charge in [-0.15, -0.1) is 0 Å². The van der Waals surface area contributed by atoms with E-state index in [-0.39, 0.29) is 11.6 Å². The molecule has 124 valence electrons. The number of fused-ring (bicyclic) bond motifs is 1. The van der Waals surface area contributed by atoms with Gasteiger partial charge in [-0.2, -0.15) is 15.8 Å². The van der Waals surface area contributed by atoms with Crippen LogP contribution in [-0.2, 0) is 4.79 Å². The number of hydrogen-bond donors (Lipinski definition) is 1. The summed E-state index contributed by atoms with van der Waals surface area (Å²) in [5, 5.41) is 37.6. The van der Waals surface area contributed by atoms with E-state index in [0.29, 0.717) is 24.2 Å². The van der Waals surface area contributed by atoms with Crippen molar-refractivity contribution in [2.75, 3.05) is 13.1 Å². The summed E-state index contributed by atoms with van der Waals surface area (Å²) in [4.78, 5) is 13.4. The highest BCUT2D eigenvalue weighted by atomic mass is 16.3. The van der Waals surface area contributed by atoms with Crippen molar-refractivity contribution < 1.29 is 9.21 Å². The summed E-state index contributed by atoms with van der Waals surface area (Å²) < 4.78 is 5.14. The van der Waals surface area contributed by atoms with E-state index in [2.05, 4.69) is 6.07 Å². The van der Waals surface area contributed by atoms with Gasteiger partial charge in [0.2, 0.25) is 5.91 Å². The van der Waals surface area contributed by atoms with Crippen LogP contribution in [0.15, 0.2) is 34.7 Å². The van der Waals surface area contributed by atoms with Crippen molar-refractivity contribution in [2.24, 2.45) is 17.3 Å². The molecule has 1 aromatic heterocycles. The third-order valence-electron chi connectivity index (χ3n) is 5.14. The Morgan fingerprint density at radius 3 is 2.64 bits per heavy atom. The van der Waals surface area contributed by atoms with E-state index in [4.69, 9.17) is 9.83 Å². The lowest BCUT2D eigenvalue weighted by Crippen LogP contribution is -2.53. The van der Waals surface area contributed by atoms with Gasteiger partial charge in [-0.05, 0) is 17.2 Å². The van der Waals surface area contributed by atoms with Gasteiger partial charge in [-0.1, -0.05) is 6.08 Å².